The molecule has 2 unspecified atom stereocenters. The van der Waals surface area contributed by atoms with E-state index in [1.807, 2.05) is 6.08 Å². The van der Waals surface area contributed by atoms with E-state index in [2.05, 4.69) is 6.92 Å². The monoisotopic (exact) mass is 291 g/mol. The van der Waals surface area contributed by atoms with Crippen molar-refractivity contribution in [3.05, 3.63) is 65.9 Å². The molecule has 1 aromatic rings. The molecule has 0 aromatic heterocycles. The first-order chi connectivity index (χ1) is 9.60. The van der Waals surface area contributed by atoms with Crippen molar-refractivity contribution in [1.29, 1.82) is 0 Å². The SMILES string of the molecule is [CH2]C1C2=C(C=CC1(F)SCc1ccccc1F)CCC2. The van der Waals surface area contributed by atoms with Crippen LogP contribution in [-0.2, 0) is 5.75 Å². The number of rotatable bonds is 3. The molecule has 0 saturated heterocycles. The smallest absolute Gasteiger partial charge is 0.181 e. The summed E-state index contributed by atoms with van der Waals surface area (Å²) < 4.78 is 28.7. The molecule has 1 radical (unpaired) electrons. The van der Waals surface area contributed by atoms with Crippen molar-refractivity contribution in [1.82, 2.24) is 0 Å². The largest absolute Gasteiger partial charge is 0.227 e. The van der Waals surface area contributed by atoms with E-state index in [0.717, 1.165) is 36.6 Å². The van der Waals surface area contributed by atoms with Crippen LogP contribution in [0.15, 0.2) is 47.6 Å². The number of thioether (sulfide) groups is 1. The van der Waals surface area contributed by atoms with Crippen molar-refractivity contribution in [2.24, 2.45) is 5.92 Å². The topological polar surface area (TPSA) is 0 Å². The Kier molecular flexibility index (Phi) is 3.72. The highest BCUT2D eigenvalue weighted by atomic mass is 32.2. The Hall–Kier alpha value is -1.09. The van der Waals surface area contributed by atoms with Gasteiger partial charge in [-0.05, 0) is 49.5 Å². The normalized spacial score (nSPS) is 28.9. The van der Waals surface area contributed by atoms with E-state index in [1.54, 1.807) is 24.3 Å². The van der Waals surface area contributed by atoms with Gasteiger partial charge in [-0.25, -0.2) is 8.78 Å². The minimum Gasteiger partial charge on any atom is -0.227 e. The van der Waals surface area contributed by atoms with Crippen molar-refractivity contribution in [3.8, 4) is 0 Å². The van der Waals surface area contributed by atoms with Gasteiger partial charge in [0.25, 0.3) is 0 Å². The molecule has 0 aliphatic heterocycles. The van der Waals surface area contributed by atoms with Crippen molar-refractivity contribution < 1.29 is 8.78 Å². The molecule has 20 heavy (non-hydrogen) atoms. The standard InChI is InChI=1S/C17H17F2S/c1-12-15-7-4-6-13(15)9-10-17(12,19)20-11-14-5-2-3-8-16(14)18/h2-3,5,8-10,12H,1,4,6-7,11H2. The second kappa shape index (κ2) is 5.36. The Morgan fingerprint density at radius 1 is 1.30 bits per heavy atom. The van der Waals surface area contributed by atoms with E-state index >= 15 is 4.39 Å². The van der Waals surface area contributed by atoms with Crippen LogP contribution in [0.2, 0.25) is 0 Å². The lowest BCUT2D eigenvalue weighted by Crippen LogP contribution is -2.29. The molecule has 0 fully saturated rings. The maximum absolute atomic E-state index is 15.1. The molecule has 0 saturated carbocycles. The molecule has 105 valence electrons. The highest BCUT2D eigenvalue weighted by Crippen LogP contribution is 2.49. The number of hydrogen-bond acceptors (Lipinski definition) is 1. The van der Waals surface area contributed by atoms with Gasteiger partial charge in [-0.1, -0.05) is 29.8 Å². The number of halogens is 2. The molecule has 1 aromatic carbocycles. The van der Waals surface area contributed by atoms with Crippen molar-refractivity contribution >= 4 is 11.8 Å². The summed E-state index contributed by atoms with van der Waals surface area (Å²) in [6.07, 6.45) is 6.58. The van der Waals surface area contributed by atoms with Gasteiger partial charge in [0.15, 0.2) is 5.00 Å². The molecule has 0 N–H and O–H groups in total. The maximum atomic E-state index is 15.1. The second-order valence-corrected chi connectivity index (χ2v) is 6.57. The van der Waals surface area contributed by atoms with Gasteiger partial charge in [-0.2, -0.15) is 0 Å². The van der Waals surface area contributed by atoms with E-state index in [1.165, 1.54) is 11.6 Å². The van der Waals surface area contributed by atoms with Gasteiger partial charge in [-0.15, -0.1) is 11.8 Å². The Morgan fingerprint density at radius 3 is 2.90 bits per heavy atom. The highest BCUT2D eigenvalue weighted by molar-refractivity contribution is 7.99. The lowest BCUT2D eigenvalue weighted by atomic mass is 9.88. The van der Waals surface area contributed by atoms with Crippen LogP contribution >= 0.6 is 11.8 Å². The van der Waals surface area contributed by atoms with Crippen LogP contribution in [0.3, 0.4) is 0 Å². The number of hydrogen-bond donors (Lipinski definition) is 0. The first-order valence-corrected chi connectivity index (χ1v) is 7.89. The van der Waals surface area contributed by atoms with Crippen molar-refractivity contribution in [2.45, 2.75) is 30.0 Å². The van der Waals surface area contributed by atoms with Gasteiger partial charge in [0.1, 0.15) is 5.82 Å². The fraction of sp³-hybridized carbons (Fsp3) is 0.353. The van der Waals surface area contributed by atoms with Gasteiger partial charge >= 0.3 is 0 Å². The van der Waals surface area contributed by atoms with Gasteiger partial charge < -0.3 is 0 Å². The average molecular weight is 291 g/mol. The molecular formula is C17H17F2S. The molecule has 2 atom stereocenters. The fourth-order valence-corrected chi connectivity index (χ4v) is 4.02. The molecule has 0 amide bonds. The first kappa shape index (κ1) is 13.9. The summed E-state index contributed by atoms with van der Waals surface area (Å²) in [6.45, 7) is 4.03. The predicted octanol–water partition coefficient (Wildman–Crippen LogP) is 5.23. The van der Waals surface area contributed by atoms with E-state index in [0.29, 0.717) is 11.3 Å². The Labute approximate surface area is 123 Å². The van der Waals surface area contributed by atoms with Gasteiger partial charge in [0.2, 0.25) is 0 Å². The van der Waals surface area contributed by atoms with Crippen LogP contribution in [0.1, 0.15) is 24.8 Å². The van der Waals surface area contributed by atoms with E-state index < -0.39 is 5.00 Å². The Morgan fingerprint density at radius 2 is 2.10 bits per heavy atom. The van der Waals surface area contributed by atoms with Crippen LogP contribution in [0.4, 0.5) is 8.78 Å². The van der Waals surface area contributed by atoms with E-state index in [9.17, 15) is 4.39 Å². The average Bonchev–Trinajstić information content (AvgIpc) is 2.92. The quantitative estimate of drug-likeness (QED) is 0.735. The third-order valence-electron chi connectivity index (χ3n) is 4.12. The lowest BCUT2D eigenvalue weighted by Gasteiger charge is -2.32. The molecule has 2 aliphatic rings. The fourth-order valence-electron chi connectivity index (χ4n) is 2.90. The Bertz CT molecular complexity index is 576. The van der Waals surface area contributed by atoms with E-state index in [-0.39, 0.29) is 11.7 Å². The molecule has 0 nitrogen and oxygen atoms in total. The summed E-state index contributed by atoms with van der Waals surface area (Å²) in [5.41, 5.74) is 2.95. The van der Waals surface area contributed by atoms with Crippen molar-refractivity contribution in [2.75, 3.05) is 0 Å². The van der Waals surface area contributed by atoms with Crippen LogP contribution in [0.25, 0.3) is 0 Å². The van der Waals surface area contributed by atoms with Crippen molar-refractivity contribution in [3.63, 3.8) is 0 Å². The van der Waals surface area contributed by atoms with Gasteiger partial charge in [0, 0.05) is 11.7 Å². The van der Waals surface area contributed by atoms with Crippen LogP contribution in [0.5, 0.6) is 0 Å². The Balaban J connectivity index is 1.74. The minimum absolute atomic E-state index is 0.273. The molecule has 3 heteroatoms. The zero-order valence-corrected chi connectivity index (χ0v) is 12.1. The molecule has 0 heterocycles. The predicted molar refractivity (Wildman–Crippen MR) is 80.4 cm³/mol. The van der Waals surface area contributed by atoms with Gasteiger partial charge in [-0.3, -0.25) is 0 Å². The highest BCUT2D eigenvalue weighted by Gasteiger charge is 2.40. The van der Waals surface area contributed by atoms with Gasteiger partial charge in [0.05, 0.1) is 0 Å². The number of benzene rings is 1. The maximum Gasteiger partial charge on any atom is 0.181 e. The molecular weight excluding hydrogens is 274 g/mol. The molecule has 2 aliphatic carbocycles. The summed E-state index contributed by atoms with van der Waals surface area (Å²) in [6, 6.07) is 6.54. The summed E-state index contributed by atoms with van der Waals surface area (Å²) in [7, 11) is 0. The zero-order chi connectivity index (χ0) is 14.2. The van der Waals surface area contributed by atoms with Crippen LogP contribution in [-0.4, -0.2) is 5.00 Å². The third kappa shape index (κ3) is 2.44. The summed E-state index contributed by atoms with van der Waals surface area (Å²) >= 11 is 1.13. The lowest BCUT2D eigenvalue weighted by molar-refractivity contribution is 0.297. The summed E-state index contributed by atoms with van der Waals surface area (Å²) in [5.74, 6) is -0.311. The molecule has 0 bridgehead atoms. The third-order valence-corrected chi connectivity index (χ3v) is 5.44. The summed E-state index contributed by atoms with van der Waals surface area (Å²) in [5, 5.41) is -1.52. The molecule has 0 spiro atoms. The summed E-state index contributed by atoms with van der Waals surface area (Å²) in [4.78, 5) is 0. The second-order valence-electron chi connectivity index (χ2n) is 5.37. The number of allylic oxidation sites excluding steroid dienone is 3. The van der Waals surface area contributed by atoms with E-state index in [4.69, 9.17) is 0 Å². The zero-order valence-electron chi connectivity index (χ0n) is 11.2. The molecule has 3 rings (SSSR count). The van der Waals surface area contributed by atoms with Crippen LogP contribution in [0, 0.1) is 18.7 Å². The first-order valence-electron chi connectivity index (χ1n) is 6.91. The number of alkyl halides is 1. The van der Waals surface area contributed by atoms with Crippen LogP contribution < -0.4 is 0 Å². The minimum atomic E-state index is -1.52.